The Labute approximate surface area is 327 Å². The number of ether oxygens (including phenoxy) is 4. The van der Waals surface area contributed by atoms with Crippen LogP contribution in [0.25, 0.3) is 0 Å². The molecule has 13 heteroatoms. The first kappa shape index (κ1) is 43.8. The summed E-state index contributed by atoms with van der Waals surface area (Å²) in [6, 6.07) is 0. The van der Waals surface area contributed by atoms with Gasteiger partial charge in [-0.15, -0.1) is 0 Å². The van der Waals surface area contributed by atoms with Crippen molar-refractivity contribution in [2.75, 3.05) is 6.61 Å². The monoisotopic (exact) mass is 784 g/mol. The zero-order valence-electron chi connectivity index (χ0n) is 34.4. The summed E-state index contributed by atoms with van der Waals surface area (Å²) in [5.74, 6) is -0.526. The summed E-state index contributed by atoms with van der Waals surface area (Å²) in [4.78, 5) is 0. The number of hydrogen-bond acceptors (Lipinski definition) is 13. The van der Waals surface area contributed by atoms with E-state index in [2.05, 4.69) is 40.7 Å². The summed E-state index contributed by atoms with van der Waals surface area (Å²) < 4.78 is 25.1. The van der Waals surface area contributed by atoms with Crippen LogP contribution in [-0.4, -0.2) is 138 Å². The number of hydrogen-bond donors (Lipinski definition) is 9. The Morgan fingerprint density at radius 3 is 2.13 bits per heavy atom. The van der Waals surface area contributed by atoms with E-state index >= 15 is 0 Å². The first-order chi connectivity index (χ1) is 25.5. The van der Waals surface area contributed by atoms with Crippen LogP contribution in [0.2, 0.25) is 0 Å². The zero-order valence-corrected chi connectivity index (χ0v) is 34.4. The summed E-state index contributed by atoms with van der Waals surface area (Å²) in [7, 11) is 0. The van der Waals surface area contributed by atoms with Crippen LogP contribution in [-0.2, 0) is 18.9 Å². The maximum Gasteiger partial charge on any atom is 0.187 e. The zero-order chi connectivity index (χ0) is 40.8. The maximum absolute atomic E-state index is 12.3. The minimum Gasteiger partial charge on any atom is -0.394 e. The number of allylic oxidation sites excluding steroid dienone is 2. The van der Waals surface area contributed by atoms with Gasteiger partial charge in [0.1, 0.15) is 42.7 Å². The van der Waals surface area contributed by atoms with Crippen molar-refractivity contribution in [1.29, 1.82) is 0 Å². The van der Waals surface area contributed by atoms with Crippen molar-refractivity contribution in [3.05, 3.63) is 11.6 Å². The van der Waals surface area contributed by atoms with Crippen molar-refractivity contribution in [3.8, 4) is 0 Å². The summed E-state index contributed by atoms with van der Waals surface area (Å²) in [5.41, 5.74) is -1.71. The molecule has 6 rings (SSSR count). The molecule has 0 aromatic rings. The van der Waals surface area contributed by atoms with Gasteiger partial charge in [0, 0.05) is 0 Å². The Kier molecular flexibility index (Phi) is 12.2. The normalized spacial score (nSPS) is 53.4. The van der Waals surface area contributed by atoms with Crippen LogP contribution in [0.4, 0.5) is 0 Å². The lowest BCUT2D eigenvalue weighted by Gasteiger charge is -2.72. The second-order valence-electron chi connectivity index (χ2n) is 20.3. The van der Waals surface area contributed by atoms with E-state index in [-0.39, 0.29) is 23.7 Å². The van der Waals surface area contributed by atoms with Gasteiger partial charge in [0.15, 0.2) is 12.6 Å². The van der Waals surface area contributed by atoms with E-state index in [0.717, 1.165) is 19.3 Å². The van der Waals surface area contributed by atoms with E-state index in [1.54, 1.807) is 0 Å². The predicted molar refractivity (Wildman–Crippen MR) is 201 cm³/mol. The maximum atomic E-state index is 12.3. The Bertz CT molecular complexity index is 1390. The topological polar surface area (TPSA) is 219 Å². The molecule has 2 saturated heterocycles. The van der Waals surface area contributed by atoms with Gasteiger partial charge < -0.3 is 64.9 Å². The van der Waals surface area contributed by atoms with Crippen LogP contribution in [0.15, 0.2) is 11.6 Å². The number of aliphatic hydroxyl groups excluding tert-OH is 8. The van der Waals surface area contributed by atoms with Gasteiger partial charge in [0.05, 0.1) is 36.6 Å². The van der Waals surface area contributed by atoms with Crippen molar-refractivity contribution < 1.29 is 64.9 Å². The Balaban J connectivity index is 1.38. The van der Waals surface area contributed by atoms with E-state index in [4.69, 9.17) is 18.9 Å². The molecule has 6 aliphatic rings. The lowest BCUT2D eigenvalue weighted by molar-refractivity contribution is -0.382. The first-order valence-electron chi connectivity index (χ1n) is 20.8. The van der Waals surface area contributed by atoms with E-state index < -0.39 is 114 Å². The molecule has 0 spiro atoms. The molecule has 318 valence electrons. The van der Waals surface area contributed by atoms with Gasteiger partial charge in [-0.3, -0.25) is 0 Å². The molecule has 13 nitrogen and oxygen atoms in total. The predicted octanol–water partition coefficient (Wildman–Crippen LogP) is 2.15. The van der Waals surface area contributed by atoms with Gasteiger partial charge in [-0.1, -0.05) is 46.3 Å². The number of fused-ring (bicyclic) bond motifs is 5. The molecule has 4 saturated carbocycles. The third-order valence-electron chi connectivity index (χ3n) is 16.5. The molecule has 4 aliphatic carbocycles. The van der Waals surface area contributed by atoms with Gasteiger partial charge in [-0.25, -0.2) is 0 Å². The van der Waals surface area contributed by atoms with E-state index in [9.17, 15) is 46.0 Å². The third kappa shape index (κ3) is 7.10. The van der Waals surface area contributed by atoms with Gasteiger partial charge in [-0.2, -0.15) is 0 Å². The molecule has 0 aromatic carbocycles. The standard InChI is InChI=1S/C42H72O13/c1-20(2)11-10-14-42(9,51)22-12-16-40(7)28(22)23(44)17-26-39(6)15-13-27(45)38(4,5)35(39)24(18-41(26,40)8)53-37-34(32(49)30(47)25(19-43)54-37)55-36-33(50)31(48)29(46)21(3)52-36/h11,21-37,43-51H,10,12-19H2,1-9H3/t21-,22-,23+,24-,25+,26+,27-,28+,29-,30+,31+,32-,33+,34+,35+,36-,37+,39+,40+,41+,42-/m0/s1. The number of aliphatic hydroxyl groups is 9. The second-order valence-corrected chi connectivity index (χ2v) is 20.3. The lowest BCUT2D eigenvalue weighted by atomic mass is 9.34. The first-order valence-corrected chi connectivity index (χ1v) is 20.8. The average molecular weight is 785 g/mol. The van der Waals surface area contributed by atoms with Crippen LogP contribution >= 0.6 is 0 Å². The average Bonchev–Trinajstić information content (AvgIpc) is 3.49. The molecular weight excluding hydrogens is 712 g/mol. The molecule has 0 bridgehead atoms. The highest BCUT2D eigenvalue weighted by Crippen LogP contribution is 2.76. The molecule has 2 heterocycles. The van der Waals surface area contributed by atoms with Crippen LogP contribution in [0.3, 0.4) is 0 Å². The summed E-state index contributed by atoms with van der Waals surface area (Å²) in [6.07, 6.45) is -8.99. The van der Waals surface area contributed by atoms with Crippen LogP contribution in [0.5, 0.6) is 0 Å². The Hall–Kier alpha value is -0.780. The summed E-state index contributed by atoms with van der Waals surface area (Å²) >= 11 is 0. The van der Waals surface area contributed by atoms with Crippen molar-refractivity contribution >= 4 is 0 Å². The second kappa shape index (κ2) is 15.4. The van der Waals surface area contributed by atoms with E-state index in [0.29, 0.717) is 32.1 Å². The molecule has 6 fully saturated rings. The highest BCUT2D eigenvalue weighted by Gasteiger charge is 2.73. The fourth-order valence-corrected chi connectivity index (χ4v) is 13.3. The highest BCUT2D eigenvalue weighted by molar-refractivity contribution is 5.22. The van der Waals surface area contributed by atoms with Crippen LogP contribution in [0, 0.1) is 45.3 Å². The fourth-order valence-electron chi connectivity index (χ4n) is 13.3. The van der Waals surface area contributed by atoms with E-state index in [1.807, 2.05) is 20.8 Å². The van der Waals surface area contributed by atoms with Gasteiger partial charge in [0.25, 0.3) is 0 Å². The van der Waals surface area contributed by atoms with Gasteiger partial charge >= 0.3 is 0 Å². The molecule has 0 aromatic heterocycles. The van der Waals surface area contributed by atoms with Crippen molar-refractivity contribution in [2.45, 2.75) is 199 Å². The third-order valence-corrected chi connectivity index (χ3v) is 16.5. The minimum absolute atomic E-state index is 0.0411. The van der Waals surface area contributed by atoms with Gasteiger partial charge in [-0.05, 0) is 124 Å². The SMILES string of the molecule is CC(C)=CCC[C@](C)(O)[C@H]1CC[C@]2(C)[C@H]1[C@H](O)C[C@@H]1[C@@]3(C)CC[C@H](O)C(C)(C)[C@H]3[C@@H](O[C@@H]3O[C@H](CO)[C@@H](O)[C@H](O)[C@H]3O[C@@H]3O[C@@H](C)[C@H](O)[C@@H](O)[C@H]3O)C[C@]12C. The molecule has 0 radical (unpaired) electrons. The fraction of sp³-hybridized carbons (Fsp3) is 0.952. The molecule has 55 heavy (non-hydrogen) atoms. The van der Waals surface area contributed by atoms with Crippen molar-refractivity contribution in [3.63, 3.8) is 0 Å². The lowest BCUT2D eigenvalue weighted by Crippen LogP contribution is -2.71. The van der Waals surface area contributed by atoms with Crippen LogP contribution < -0.4 is 0 Å². The largest absolute Gasteiger partial charge is 0.394 e. The summed E-state index contributed by atoms with van der Waals surface area (Å²) in [5, 5.41) is 100. The van der Waals surface area contributed by atoms with Crippen molar-refractivity contribution in [1.82, 2.24) is 0 Å². The molecule has 21 atom stereocenters. The molecular formula is C42H72O13. The highest BCUT2D eigenvalue weighted by atomic mass is 16.8. The molecule has 9 N–H and O–H groups in total. The number of rotatable bonds is 9. The van der Waals surface area contributed by atoms with Gasteiger partial charge in [0.2, 0.25) is 0 Å². The molecule has 0 amide bonds. The Morgan fingerprint density at radius 2 is 1.49 bits per heavy atom. The summed E-state index contributed by atoms with van der Waals surface area (Å²) in [6.45, 7) is 17.8. The molecule has 2 aliphatic heterocycles. The quantitative estimate of drug-likeness (QED) is 0.121. The van der Waals surface area contributed by atoms with Crippen molar-refractivity contribution in [2.24, 2.45) is 45.3 Å². The Morgan fingerprint density at radius 1 is 0.818 bits per heavy atom. The van der Waals surface area contributed by atoms with Crippen LogP contribution in [0.1, 0.15) is 114 Å². The smallest absolute Gasteiger partial charge is 0.187 e. The van der Waals surface area contributed by atoms with E-state index in [1.165, 1.54) is 12.5 Å². The minimum atomic E-state index is -1.70. The molecule has 0 unspecified atom stereocenters.